The smallest absolute Gasteiger partial charge is 0.314 e. The summed E-state index contributed by atoms with van der Waals surface area (Å²) in [4.78, 5) is 28.5. The Morgan fingerprint density at radius 1 is 1.15 bits per heavy atom. The molecule has 1 aromatic heterocycles. The Morgan fingerprint density at radius 2 is 1.92 bits per heavy atom. The molecule has 0 unspecified atom stereocenters. The maximum absolute atomic E-state index is 12.5. The average molecular weight is 348 g/mol. The van der Waals surface area contributed by atoms with Crippen molar-refractivity contribution in [1.82, 2.24) is 14.8 Å². The summed E-state index contributed by atoms with van der Waals surface area (Å²) in [5.74, 6) is -0.868. The van der Waals surface area contributed by atoms with E-state index in [0.717, 1.165) is 11.3 Å². The van der Waals surface area contributed by atoms with Crippen molar-refractivity contribution < 1.29 is 14.3 Å². The van der Waals surface area contributed by atoms with Crippen LogP contribution in [-0.2, 0) is 20.9 Å². The van der Waals surface area contributed by atoms with Crippen LogP contribution in [0.4, 0.5) is 5.69 Å². The first kappa shape index (κ1) is 16.0. The van der Waals surface area contributed by atoms with Gasteiger partial charge in [0.05, 0.1) is 11.6 Å². The largest absolute Gasteiger partial charge is 0.457 e. The van der Waals surface area contributed by atoms with Crippen LogP contribution in [0.3, 0.4) is 0 Å². The van der Waals surface area contributed by atoms with Crippen LogP contribution in [0.25, 0.3) is 5.69 Å². The highest BCUT2D eigenvalue weighted by Gasteiger charge is 2.31. The molecular formula is C19H16N4O3. The molecule has 1 amide bonds. The minimum atomic E-state index is -0.615. The van der Waals surface area contributed by atoms with Crippen LogP contribution in [0.1, 0.15) is 23.7 Å². The first-order chi connectivity index (χ1) is 12.7. The third-order valence-corrected chi connectivity index (χ3v) is 4.19. The van der Waals surface area contributed by atoms with Gasteiger partial charge in [-0.05, 0) is 23.8 Å². The minimum Gasteiger partial charge on any atom is -0.457 e. The zero-order chi connectivity index (χ0) is 17.9. The molecule has 1 atom stereocenters. The highest BCUT2D eigenvalue weighted by atomic mass is 16.5. The first-order valence-electron chi connectivity index (χ1n) is 8.22. The van der Waals surface area contributed by atoms with Gasteiger partial charge in [0.1, 0.15) is 6.33 Å². The van der Waals surface area contributed by atoms with Gasteiger partial charge < -0.3 is 10.1 Å². The third kappa shape index (κ3) is 3.19. The maximum Gasteiger partial charge on any atom is 0.314 e. The quantitative estimate of drug-likeness (QED) is 0.732. The number of nitrogens with zero attached hydrogens (tertiary/aromatic N) is 3. The number of nitrogens with one attached hydrogen (secondary N) is 1. The molecule has 0 aliphatic carbocycles. The zero-order valence-electron chi connectivity index (χ0n) is 13.8. The van der Waals surface area contributed by atoms with Gasteiger partial charge in [-0.3, -0.25) is 9.59 Å². The highest BCUT2D eigenvalue weighted by Crippen LogP contribution is 2.32. The fourth-order valence-electron chi connectivity index (χ4n) is 2.93. The number of esters is 1. The van der Waals surface area contributed by atoms with Gasteiger partial charge in [-0.2, -0.15) is 0 Å². The van der Waals surface area contributed by atoms with Crippen LogP contribution in [0.5, 0.6) is 0 Å². The van der Waals surface area contributed by atoms with E-state index in [1.54, 1.807) is 17.1 Å². The number of aromatic nitrogens is 3. The molecule has 0 fully saturated rings. The molecule has 0 spiro atoms. The van der Waals surface area contributed by atoms with Gasteiger partial charge in [0.2, 0.25) is 5.91 Å². The molecule has 2 aromatic carbocycles. The Labute approximate surface area is 149 Å². The van der Waals surface area contributed by atoms with E-state index in [0.29, 0.717) is 11.5 Å². The normalized spacial score (nSPS) is 15.8. The van der Waals surface area contributed by atoms with E-state index in [1.165, 1.54) is 0 Å². The molecule has 1 aliphatic heterocycles. The highest BCUT2D eigenvalue weighted by molar-refractivity contribution is 5.99. The molecule has 7 nitrogen and oxygen atoms in total. The van der Waals surface area contributed by atoms with Crippen molar-refractivity contribution in [3.63, 3.8) is 0 Å². The number of ether oxygens (including phenoxy) is 1. The summed E-state index contributed by atoms with van der Waals surface area (Å²) < 4.78 is 6.98. The molecule has 2 heterocycles. The molecular weight excluding hydrogens is 332 g/mol. The van der Waals surface area contributed by atoms with Crippen LogP contribution >= 0.6 is 0 Å². The van der Waals surface area contributed by atoms with E-state index in [-0.39, 0.29) is 18.9 Å². The van der Waals surface area contributed by atoms with Crippen molar-refractivity contribution in [2.45, 2.75) is 18.9 Å². The summed E-state index contributed by atoms with van der Waals surface area (Å²) in [7, 11) is 0. The third-order valence-electron chi connectivity index (χ3n) is 4.19. The van der Waals surface area contributed by atoms with Crippen LogP contribution < -0.4 is 5.32 Å². The van der Waals surface area contributed by atoms with Crippen molar-refractivity contribution in [3.05, 3.63) is 72.3 Å². The number of benzene rings is 2. The van der Waals surface area contributed by atoms with Crippen molar-refractivity contribution >= 4 is 17.6 Å². The Morgan fingerprint density at radius 3 is 2.77 bits per heavy atom. The fraction of sp³-hybridized carbons (Fsp3) is 0.158. The lowest BCUT2D eigenvalue weighted by molar-refractivity contribution is -0.148. The molecule has 26 heavy (non-hydrogen) atoms. The predicted molar refractivity (Wildman–Crippen MR) is 93.6 cm³/mol. The first-order valence-corrected chi connectivity index (χ1v) is 8.22. The van der Waals surface area contributed by atoms with E-state index < -0.39 is 11.9 Å². The van der Waals surface area contributed by atoms with Gasteiger partial charge in [0.25, 0.3) is 0 Å². The van der Waals surface area contributed by atoms with E-state index in [1.807, 2.05) is 48.5 Å². The second-order valence-corrected chi connectivity index (χ2v) is 5.94. The molecule has 0 saturated carbocycles. The van der Waals surface area contributed by atoms with Gasteiger partial charge in [0.15, 0.2) is 12.4 Å². The number of carbonyl (C=O) groups is 2. The standard InChI is InChI=1S/C19H16N4O3/c24-18-10-15(14-8-4-5-9-16(14)21-18)19(25)26-11-17-20-12-23(22-17)13-6-2-1-3-7-13/h1-9,12,15H,10-11H2,(H,21,24)/t15-/m1/s1. The van der Waals surface area contributed by atoms with Gasteiger partial charge in [-0.25, -0.2) is 9.67 Å². The summed E-state index contributed by atoms with van der Waals surface area (Å²) in [5.41, 5.74) is 2.28. The van der Waals surface area contributed by atoms with Gasteiger partial charge in [0, 0.05) is 12.1 Å². The van der Waals surface area contributed by atoms with Crippen LogP contribution in [0.15, 0.2) is 60.9 Å². The molecule has 1 aliphatic rings. The van der Waals surface area contributed by atoms with E-state index in [2.05, 4.69) is 15.4 Å². The van der Waals surface area contributed by atoms with Crippen LogP contribution in [0.2, 0.25) is 0 Å². The maximum atomic E-state index is 12.5. The Bertz CT molecular complexity index is 952. The van der Waals surface area contributed by atoms with Crippen LogP contribution in [0, 0.1) is 0 Å². The molecule has 1 N–H and O–H groups in total. The number of para-hydroxylation sites is 2. The molecule has 0 bridgehead atoms. The second kappa shape index (κ2) is 6.79. The topological polar surface area (TPSA) is 86.1 Å². The SMILES string of the molecule is O=C1C[C@@H](C(=O)OCc2ncn(-c3ccccc3)n2)c2ccccc2N1. The van der Waals surface area contributed by atoms with Gasteiger partial charge in [-0.15, -0.1) is 5.10 Å². The van der Waals surface area contributed by atoms with E-state index >= 15 is 0 Å². The number of amides is 1. The lowest BCUT2D eigenvalue weighted by Gasteiger charge is -2.23. The number of fused-ring (bicyclic) bond motifs is 1. The van der Waals surface area contributed by atoms with E-state index in [4.69, 9.17) is 4.74 Å². The Balaban J connectivity index is 1.45. The van der Waals surface area contributed by atoms with Gasteiger partial charge in [-0.1, -0.05) is 36.4 Å². The molecule has 130 valence electrons. The monoisotopic (exact) mass is 348 g/mol. The van der Waals surface area contributed by atoms with Gasteiger partial charge >= 0.3 is 5.97 Å². The minimum absolute atomic E-state index is 0.0427. The molecule has 0 saturated heterocycles. The fourth-order valence-corrected chi connectivity index (χ4v) is 2.93. The molecule has 7 heteroatoms. The lowest BCUT2D eigenvalue weighted by atomic mass is 9.91. The summed E-state index contributed by atoms with van der Waals surface area (Å²) >= 11 is 0. The van der Waals surface area contributed by atoms with Crippen molar-refractivity contribution in [3.8, 4) is 5.69 Å². The average Bonchev–Trinajstić information content (AvgIpc) is 3.15. The lowest BCUT2D eigenvalue weighted by Crippen LogP contribution is -2.28. The second-order valence-electron chi connectivity index (χ2n) is 5.94. The molecule has 3 aromatic rings. The predicted octanol–water partition coefficient (Wildman–Crippen LogP) is 2.44. The van der Waals surface area contributed by atoms with Crippen molar-refractivity contribution in [2.75, 3.05) is 5.32 Å². The van der Waals surface area contributed by atoms with Crippen molar-refractivity contribution in [1.29, 1.82) is 0 Å². The number of hydrogen-bond acceptors (Lipinski definition) is 5. The van der Waals surface area contributed by atoms with Crippen LogP contribution in [-0.4, -0.2) is 26.6 Å². The summed E-state index contributed by atoms with van der Waals surface area (Å²) in [6.45, 7) is -0.0427. The Hall–Kier alpha value is -3.48. The summed E-state index contributed by atoms with van der Waals surface area (Å²) in [5, 5.41) is 7.07. The zero-order valence-corrected chi connectivity index (χ0v) is 13.8. The van der Waals surface area contributed by atoms with E-state index in [9.17, 15) is 9.59 Å². The molecule has 4 rings (SSSR count). The number of carbonyl (C=O) groups excluding carboxylic acids is 2. The Kier molecular flexibility index (Phi) is 4.18. The van der Waals surface area contributed by atoms with Crippen molar-refractivity contribution in [2.24, 2.45) is 0 Å². The summed E-state index contributed by atoms with van der Waals surface area (Å²) in [6.07, 6.45) is 1.64. The molecule has 0 radical (unpaired) electrons. The number of anilines is 1. The summed E-state index contributed by atoms with van der Waals surface area (Å²) in [6, 6.07) is 16.8. The number of hydrogen-bond donors (Lipinski definition) is 1. The number of rotatable bonds is 4.